The van der Waals surface area contributed by atoms with Crippen LogP contribution in [0.3, 0.4) is 0 Å². The summed E-state index contributed by atoms with van der Waals surface area (Å²) >= 11 is 0. The molecule has 6 aliphatic rings. The summed E-state index contributed by atoms with van der Waals surface area (Å²) in [4.78, 5) is 36.4. The van der Waals surface area contributed by atoms with Crippen molar-refractivity contribution in [3.8, 4) is 0 Å². The fraction of sp³-hybridized carbons (Fsp3) is 0.952. The van der Waals surface area contributed by atoms with Crippen LogP contribution in [0.5, 0.6) is 0 Å². The van der Waals surface area contributed by atoms with Gasteiger partial charge in [-0.3, -0.25) is 14.8 Å². The Hall–Kier alpha value is -1.26. The molecular formula is C42H72N2O7. The molecule has 6 unspecified atom stereocenters. The fourth-order valence-corrected chi connectivity index (χ4v) is 11.5. The minimum atomic E-state index is -0.791. The first kappa shape index (κ1) is 39.4. The van der Waals surface area contributed by atoms with Gasteiger partial charge in [-0.05, 0) is 132 Å². The van der Waals surface area contributed by atoms with Crippen LogP contribution in [0.1, 0.15) is 167 Å². The van der Waals surface area contributed by atoms with E-state index in [9.17, 15) is 20.0 Å². The lowest BCUT2D eigenvalue weighted by molar-refractivity contribution is -0.258. The second-order valence-corrected chi connectivity index (χ2v) is 18.2. The lowest BCUT2D eigenvalue weighted by Crippen LogP contribution is -2.47. The third kappa shape index (κ3) is 12.1. The molecule has 6 rings (SSSR count). The van der Waals surface area contributed by atoms with Crippen LogP contribution >= 0.6 is 0 Å². The monoisotopic (exact) mass is 717 g/mol. The second kappa shape index (κ2) is 20.4. The molecule has 0 spiro atoms. The number of carboxylic acid groups (broad SMARTS) is 1. The van der Waals surface area contributed by atoms with Gasteiger partial charge >= 0.3 is 5.97 Å². The van der Waals surface area contributed by atoms with Crippen molar-refractivity contribution < 1.29 is 34.4 Å². The number of amides is 1. The number of carboxylic acids is 1. The highest BCUT2D eigenvalue weighted by atomic mass is 17.1. The van der Waals surface area contributed by atoms with Crippen LogP contribution in [0.15, 0.2) is 0 Å². The Morgan fingerprint density at radius 2 is 1.12 bits per heavy atom. The maximum Gasteiger partial charge on any atom is 0.307 e. The number of hydrogen-bond donors (Lipinski definition) is 4. The highest BCUT2D eigenvalue weighted by Gasteiger charge is 2.41. The van der Waals surface area contributed by atoms with Crippen LogP contribution in [0, 0.1) is 47.3 Å². The Labute approximate surface area is 308 Å². The van der Waals surface area contributed by atoms with Crippen molar-refractivity contribution in [3.63, 3.8) is 0 Å². The lowest BCUT2D eigenvalue weighted by atomic mass is 9.69. The van der Waals surface area contributed by atoms with E-state index < -0.39 is 17.8 Å². The number of ether oxygens (including phenoxy) is 1. The molecule has 4 N–H and O–H groups in total. The average Bonchev–Trinajstić information content (AvgIpc) is 3.15. The number of carbonyl (C=O) groups excluding carboxylic acids is 1. The molecule has 51 heavy (non-hydrogen) atoms. The molecule has 0 aromatic rings. The number of rotatable bonds is 15. The molecule has 0 heterocycles. The van der Waals surface area contributed by atoms with Gasteiger partial charge in [0, 0.05) is 12.1 Å². The zero-order valence-corrected chi connectivity index (χ0v) is 31.7. The highest BCUT2D eigenvalue weighted by molar-refractivity contribution is 5.85. The third-order valence-electron chi connectivity index (χ3n) is 14.6. The summed E-state index contributed by atoms with van der Waals surface area (Å²) in [6.07, 6.45) is 30.4. The van der Waals surface area contributed by atoms with Gasteiger partial charge in [0.2, 0.25) is 5.91 Å². The zero-order chi connectivity index (χ0) is 35.4. The van der Waals surface area contributed by atoms with Crippen LogP contribution in [-0.4, -0.2) is 59.7 Å². The van der Waals surface area contributed by atoms with Crippen molar-refractivity contribution in [3.05, 3.63) is 0 Å². The van der Waals surface area contributed by atoms with Gasteiger partial charge in [0.15, 0.2) is 0 Å². The summed E-state index contributed by atoms with van der Waals surface area (Å²) in [7, 11) is 0. The van der Waals surface area contributed by atoms with E-state index in [0.29, 0.717) is 49.9 Å². The molecule has 0 radical (unpaired) electrons. The van der Waals surface area contributed by atoms with Gasteiger partial charge in [0.1, 0.15) is 0 Å². The summed E-state index contributed by atoms with van der Waals surface area (Å²) in [6.45, 7) is 1.09. The van der Waals surface area contributed by atoms with E-state index in [4.69, 9.17) is 9.57 Å². The zero-order valence-electron chi connectivity index (χ0n) is 31.7. The maximum absolute atomic E-state index is 13.4. The summed E-state index contributed by atoms with van der Waals surface area (Å²) in [5.74, 6) is 1.90. The Kier molecular flexibility index (Phi) is 15.8. The van der Waals surface area contributed by atoms with E-state index in [1.807, 2.05) is 0 Å². The van der Waals surface area contributed by atoms with E-state index in [-0.39, 0.29) is 24.2 Å². The van der Waals surface area contributed by atoms with Crippen LogP contribution < -0.4 is 10.8 Å². The molecule has 0 aromatic heterocycles. The minimum absolute atomic E-state index is 0.0319. The van der Waals surface area contributed by atoms with E-state index in [2.05, 4.69) is 15.7 Å². The van der Waals surface area contributed by atoms with Gasteiger partial charge < -0.3 is 20.0 Å². The topological polar surface area (TPSA) is 126 Å². The van der Waals surface area contributed by atoms with Crippen molar-refractivity contribution in [1.29, 1.82) is 0 Å². The lowest BCUT2D eigenvalue weighted by Gasteiger charge is -2.38. The van der Waals surface area contributed by atoms with Crippen molar-refractivity contribution in [2.45, 2.75) is 191 Å². The first-order valence-corrected chi connectivity index (χ1v) is 21.8. The number of nitrogens with one attached hydrogen (secondary N) is 2. The van der Waals surface area contributed by atoms with Crippen LogP contribution in [0.2, 0.25) is 0 Å². The number of hydroxylamine groups is 1. The van der Waals surface area contributed by atoms with Crippen LogP contribution in [0.4, 0.5) is 0 Å². The van der Waals surface area contributed by atoms with Gasteiger partial charge in [0.05, 0.1) is 37.3 Å². The predicted molar refractivity (Wildman–Crippen MR) is 198 cm³/mol. The molecule has 0 aliphatic heterocycles. The van der Waals surface area contributed by atoms with Crippen LogP contribution in [-0.2, 0) is 24.1 Å². The van der Waals surface area contributed by atoms with Crippen LogP contribution in [0.25, 0.3) is 0 Å². The minimum Gasteiger partial charge on any atom is -0.481 e. The first-order chi connectivity index (χ1) is 24.9. The van der Waals surface area contributed by atoms with Gasteiger partial charge in [0.25, 0.3) is 0 Å². The normalized spacial score (nSPS) is 37.5. The van der Waals surface area contributed by atoms with Gasteiger partial charge in [-0.25, -0.2) is 4.89 Å². The summed E-state index contributed by atoms with van der Waals surface area (Å²) in [5.41, 5.74) is 3.38. The number of aliphatic carboxylic acids is 1. The van der Waals surface area contributed by atoms with E-state index >= 15 is 0 Å². The highest BCUT2D eigenvalue weighted by Crippen LogP contribution is 2.42. The Morgan fingerprint density at radius 1 is 0.549 bits per heavy atom. The molecule has 292 valence electrons. The first-order valence-electron chi connectivity index (χ1n) is 21.8. The molecule has 1 amide bonds. The van der Waals surface area contributed by atoms with Crippen molar-refractivity contribution in [1.82, 2.24) is 10.8 Å². The average molecular weight is 717 g/mol. The van der Waals surface area contributed by atoms with Crippen molar-refractivity contribution in [2.24, 2.45) is 47.3 Å². The molecule has 0 saturated heterocycles. The molecule has 6 fully saturated rings. The standard InChI is InChI=1S/C42H72N2O7/c45-41(39-22-12-32(26-40(39)42(46)47)24-30-9-5-2-6-10-30)43-35-14-18-37(19-15-35)51-38-20-16-36(17-21-38)44-49-27-33-13-11-31(25-34(33)28-50-48)23-29-7-3-1-4-8-29/h29-40,44,48H,1-28H2,(H,43,45)(H,46,47). The van der Waals surface area contributed by atoms with E-state index in [1.165, 1.54) is 77.0 Å². The molecule has 0 aromatic carbocycles. The van der Waals surface area contributed by atoms with E-state index in [1.54, 1.807) is 0 Å². The maximum atomic E-state index is 13.4. The van der Waals surface area contributed by atoms with Gasteiger partial charge in [-0.2, -0.15) is 5.48 Å². The Bertz CT molecular complexity index is 1030. The third-order valence-corrected chi connectivity index (χ3v) is 14.6. The van der Waals surface area contributed by atoms with Crippen molar-refractivity contribution >= 4 is 11.9 Å². The smallest absolute Gasteiger partial charge is 0.307 e. The second-order valence-electron chi connectivity index (χ2n) is 18.2. The molecule has 6 aliphatic carbocycles. The number of carbonyl (C=O) groups is 2. The number of hydrogen-bond acceptors (Lipinski definition) is 7. The van der Waals surface area contributed by atoms with Gasteiger partial charge in [-0.1, -0.05) is 70.6 Å². The fourth-order valence-electron chi connectivity index (χ4n) is 11.5. The van der Waals surface area contributed by atoms with Gasteiger partial charge in [-0.15, -0.1) is 0 Å². The largest absolute Gasteiger partial charge is 0.481 e. The Balaban J connectivity index is 0.832. The summed E-state index contributed by atoms with van der Waals surface area (Å²) < 4.78 is 6.58. The summed E-state index contributed by atoms with van der Waals surface area (Å²) in [6, 6.07) is 0.474. The van der Waals surface area contributed by atoms with E-state index in [0.717, 1.165) is 94.8 Å². The molecule has 9 heteroatoms. The summed E-state index contributed by atoms with van der Waals surface area (Å²) in [5, 5.41) is 22.6. The quantitative estimate of drug-likeness (QED) is 0.0979. The predicted octanol–water partition coefficient (Wildman–Crippen LogP) is 8.84. The molecule has 0 bridgehead atoms. The SMILES string of the molecule is O=C(O)C1CC(CC2CCCCC2)CCC1C(=O)NC1CCC(OC2CCC(NOCC3CCC(CC4CCCCC4)CC3COO)CC2)CC1. The molecular weight excluding hydrogens is 644 g/mol. The Morgan fingerprint density at radius 3 is 1.71 bits per heavy atom. The molecule has 6 atom stereocenters. The van der Waals surface area contributed by atoms with Crippen molar-refractivity contribution in [2.75, 3.05) is 13.2 Å². The molecule has 6 saturated carbocycles. The molecule has 9 nitrogen and oxygen atoms in total.